The summed E-state index contributed by atoms with van der Waals surface area (Å²) in [4.78, 5) is 36.7. The Bertz CT molecular complexity index is 1220. The summed E-state index contributed by atoms with van der Waals surface area (Å²) < 4.78 is 59.3. The molecule has 12 nitrogen and oxygen atoms in total. The summed E-state index contributed by atoms with van der Waals surface area (Å²) in [5, 5.41) is 22.0. The predicted octanol–water partition coefficient (Wildman–Crippen LogP) is 1.72. The number of ether oxygens (including phenoxy) is 1. The molecule has 2 heterocycles. The minimum absolute atomic E-state index is 0.0397. The van der Waals surface area contributed by atoms with Crippen LogP contribution in [0, 0.1) is 5.92 Å². The molecule has 1 aliphatic rings. The van der Waals surface area contributed by atoms with E-state index in [1.165, 1.54) is 12.1 Å². The highest BCUT2D eigenvalue weighted by atomic mass is 31.2. The molecule has 4 N–H and O–H groups in total. The molecule has 1 saturated heterocycles. The smallest absolute Gasteiger partial charge is 0.459 e. The number of carboxylic acid groups (broad SMARTS) is 1. The monoisotopic (exact) mass is 533 g/mol. The van der Waals surface area contributed by atoms with Crippen LogP contribution in [0.4, 0.5) is 8.78 Å². The minimum Gasteiger partial charge on any atom is -0.480 e. The maximum absolute atomic E-state index is 14.8. The number of H-pyrrole nitrogens is 1. The van der Waals surface area contributed by atoms with E-state index < -0.39 is 62.0 Å². The molecule has 5 atom stereocenters. The number of carbonyl (C=O) groups is 1. The van der Waals surface area contributed by atoms with Gasteiger partial charge >= 0.3 is 25.3 Å². The van der Waals surface area contributed by atoms with E-state index in [0.717, 1.165) is 12.3 Å². The molecule has 0 spiro atoms. The van der Waals surface area contributed by atoms with Crippen LogP contribution in [-0.2, 0) is 18.6 Å². The van der Waals surface area contributed by atoms with E-state index >= 15 is 0 Å². The number of benzene rings is 1. The van der Waals surface area contributed by atoms with Gasteiger partial charge in [0.05, 0.1) is 6.61 Å². The van der Waals surface area contributed by atoms with Crippen LogP contribution >= 0.6 is 7.75 Å². The molecule has 2 aromatic rings. The number of aromatic amines is 1. The Balaban J connectivity index is 1.83. The van der Waals surface area contributed by atoms with Gasteiger partial charge in [-0.2, -0.15) is 13.9 Å². The Kier molecular flexibility index (Phi) is 8.47. The summed E-state index contributed by atoms with van der Waals surface area (Å²) in [5.41, 5.74) is -2.02. The van der Waals surface area contributed by atoms with E-state index in [4.69, 9.17) is 13.8 Å². The average molecular weight is 533 g/mol. The van der Waals surface area contributed by atoms with Crippen molar-refractivity contribution in [3.05, 3.63) is 63.4 Å². The number of aromatic nitrogens is 2. The highest BCUT2D eigenvalue weighted by Crippen LogP contribution is 2.48. The molecule has 3 rings (SSSR count). The molecule has 1 aromatic heterocycles. The van der Waals surface area contributed by atoms with Crippen molar-refractivity contribution in [1.29, 1.82) is 0 Å². The first-order valence-electron chi connectivity index (χ1n) is 10.8. The molecule has 15 heteroatoms. The third-order valence-electron chi connectivity index (χ3n) is 5.18. The lowest BCUT2D eigenvalue weighted by atomic mass is 10.1. The fourth-order valence-electron chi connectivity index (χ4n) is 3.47. The van der Waals surface area contributed by atoms with Crippen molar-refractivity contribution < 1.29 is 42.1 Å². The van der Waals surface area contributed by atoms with Crippen molar-refractivity contribution in [2.24, 2.45) is 5.92 Å². The second-order valence-electron chi connectivity index (χ2n) is 8.51. The van der Waals surface area contributed by atoms with Crippen LogP contribution in [0.1, 0.15) is 26.5 Å². The standard InChI is InChI=1S/C21H26F2N3O9P/c1-12(2)10-14(18(29)30)25-36(32,35-13-6-4-3-5-7-13)33-11-15-17(28)21(22,23)19(34-15)26-9-8-16(27)24-20(26)31/h3-9,12,14-15,17,19,28H,10-11H2,1-2H3,(H,25,32)(H,29,30)(H,24,27,31)/t14-,15+,17+,19+,36?/m0/s1. The molecule has 0 bridgehead atoms. The number of hydrogen-bond donors (Lipinski definition) is 4. The molecular weight excluding hydrogens is 507 g/mol. The summed E-state index contributed by atoms with van der Waals surface area (Å²) in [6.07, 6.45) is -5.78. The highest BCUT2D eigenvalue weighted by molar-refractivity contribution is 7.52. The summed E-state index contributed by atoms with van der Waals surface area (Å²) in [6, 6.07) is 7.05. The van der Waals surface area contributed by atoms with Gasteiger partial charge in [0, 0.05) is 12.3 Å². The normalized spacial score (nSPS) is 23.8. The van der Waals surface area contributed by atoms with E-state index in [1.807, 2.05) is 4.98 Å². The first kappa shape index (κ1) is 27.7. The van der Waals surface area contributed by atoms with E-state index in [-0.39, 0.29) is 18.1 Å². The fraction of sp³-hybridized carbons (Fsp3) is 0.476. The lowest BCUT2D eigenvalue weighted by Gasteiger charge is -2.25. The molecule has 1 fully saturated rings. The lowest BCUT2D eigenvalue weighted by Crippen LogP contribution is -2.43. The highest BCUT2D eigenvalue weighted by Gasteiger charge is 2.60. The van der Waals surface area contributed by atoms with E-state index in [1.54, 1.807) is 32.0 Å². The number of aliphatic hydroxyl groups is 1. The van der Waals surface area contributed by atoms with Crippen LogP contribution in [0.25, 0.3) is 0 Å². The Morgan fingerprint density at radius 2 is 1.94 bits per heavy atom. The van der Waals surface area contributed by atoms with Crippen molar-refractivity contribution in [3.63, 3.8) is 0 Å². The number of carboxylic acids is 1. The lowest BCUT2D eigenvalue weighted by molar-refractivity contribution is -0.141. The molecule has 1 aromatic carbocycles. The second kappa shape index (κ2) is 11.0. The van der Waals surface area contributed by atoms with Gasteiger partial charge in [0.1, 0.15) is 17.9 Å². The molecule has 0 aliphatic carbocycles. The zero-order valence-corrected chi connectivity index (χ0v) is 20.1. The molecule has 1 unspecified atom stereocenters. The van der Waals surface area contributed by atoms with Gasteiger partial charge in [0.25, 0.3) is 5.56 Å². The Morgan fingerprint density at radius 1 is 1.28 bits per heavy atom. The Labute approximate surface area is 203 Å². The van der Waals surface area contributed by atoms with Gasteiger partial charge in [-0.25, -0.2) is 9.36 Å². The zero-order valence-electron chi connectivity index (χ0n) is 19.2. The van der Waals surface area contributed by atoms with Crippen molar-refractivity contribution in [3.8, 4) is 5.75 Å². The van der Waals surface area contributed by atoms with E-state index in [0.29, 0.717) is 4.57 Å². The van der Waals surface area contributed by atoms with E-state index in [9.17, 15) is 37.9 Å². The first-order valence-corrected chi connectivity index (χ1v) is 12.4. The number of alkyl halides is 2. The van der Waals surface area contributed by atoms with Crippen LogP contribution in [0.2, 0.25) is 0 Å². The Hall–Kier alpha value is -2.90. The van der Waals surface area contributed by atoms with Gasteiger partial charge in [0.15, 0.2) is 6.10 Å². The fourth-order valence-corrected chi connectivity index (χ4v) is 4.99. The molecule has 0 radical (unpaired) electrons. The maximum Gasteiger partial charge on any atom is 0.459 e. The summed E-state index contributed by atoms with van der Waals surface area (Å²) in [6.45, 7) is 2.56. The SMILES string of the molecule is CC(C)C[C@H](NP(=O)(OC[C@H]1O[C@@H](n2ccc(=O)[nH]c2=O)C(F)(F)[C@@H]1O)Oc1ccccc1)C(=O)O. The van der Waals surface area contributed by atoms with Gasteiger partial charge < -0.3 is 19.5 Å². The number of nitrogens with zero attached hydrogens (tertiary/aromatic N) is 1. The third-order valence-corrected chi connectivity index (χ3v) is 6.75. The summed E-state index contributed by atoms with van der Waals surface area (Å²) in [7, 11) is -4.52. The van der Waals surface area contributed by atoms with Crippen LogP contribution in [-0.4, -0.2) is 56.5 Å². The number of rotatable bonds is 11. The third kappa shape index (κ3) is 6.45. The van der Waals surface area contributed by atoms with Gasteiger partial charge in [0.2, 0.25) is 6.23 Å². The number of halogens is 2. The first-order chi connectivity index (χ1) is 16.8. The van der Waals surface area contributed by atoms with Gasteiger partial charge in [-0.1, -0.05) is 32.0 Å². The molecule has 0 amide bonds. The number of nitrogens with one attached hydrogen (secondary N) is 2. The van der Waals surface area contributed by atoms with Crippen molar-refractivity contribution >= 4 is 13.7 Å². The number of hydrogen-bond acceptors (Lipinski definition) is 8. The summed E-state index contributed by atoms with van der Waals surface area (Å²) in [5.74, 6) is -5.43. The van der Waals surface area contributed by atoms with Crippen LogP contribution in [0.15, 0.2) is 52.2 Å². The summed E-state index contributed by atoms with van der Waals surface area (Å²) >= 11 is 0. The maximum atomic E-state index is 14.8. The molecular formula is C21H26F2N3O9P. The number of aliphatic hydroxyl groups excluding tert-OH is 1. The zero-order chi connectivity index (χ0) is 26.7. The quantitative estimate of drug-likeness (QED) is 0.312. The average Bonchev–Trinajstić information content (AvgIpc) is 3.01. The predicted molar refractivity (Wildman–Crippen MR) is 121 cm³/mol. The van der Waals surface area contributed by atoms with Crippen LogP contribution in [0.5, 0.6) is 5.75 Å². The van der Waals surface area contributed by atoms with Crippen molar-refractivity contribution in [1.82, 2.24) is 14.6 Å². The van der Waals surface area contributed by atoms with Crippen LogP contribution in [0.3, 0.4) is 0 Å². The minimum atomic E-state index is -4.52. The molecule has 198 valence electrons. The van der Waals surface area contributed by atoms with E-state index in [2.05, 4.69) is 5.09 Å². The molecule has 0 saturated carbocycles. The van der Waals surface area contributed by atoms with Gasteiger partial charge in [-0.3, -0.25) is 23.7 Å². The van der Waals surface area contributed by atoms with Gasteiger partial charge in [-0.05, 0) is 24.5 Å². The van der Waals surface area contributed by atoms with Crippen molar-refractivity contribution in [2.45, 2.75) is 50.7 Å². The topological polar surface area (TPSA) is 169 Å². The van der Waals surface area contributed by atoms with Gasteiger partial charge in [-0.15, -0.1) is 0 Å². The number of aliphatic carboxylic acids is 1. The second-order valence-corrected chi connectivity index (χ2v) is 10.2. The van der Waals surface area contributed by atoms with Crippen LogP contribution < -0.4 is 20.9 Å². The number of para-hydroxylation sites is 1. The van der Waals surface area contributed by atoms with Crippen molar-refractivity contribution in [2.75, 3.05) is 6.61 Å². The molecule has 1 aliphatic heterocycles. The largest absolute Gasteiger partial charge is 0.480 e. The Morgan fingerprint density at radius 3 is 2.53 bits per heavy atom. The molecule has 36 heavy (non-hydrogen) atoms.